The molecule has 1 atom stereocenters. The van der Waals surface area contributed by atoms with Gasteiger partial charge in [-0.25, -0.2) is 4.79 Å². The van der Waals surface area contributed by atoms with Crippen LogP contribution >= 0.6 is 0 Å². The molecule has 0 saturated heterocycles. The van der Waals surface area contributed by atoms with E-state index in [1.165, 1.54) is 20.0 Å². The number of esters is 1. The summed E-state index contributed by atoms with van der Waals surface area (Å²) in [6, 6.07) is 0. The molecule has 0 radical (unpaired) electrons. The van der Waals surface area contributed by atoms with Crippen LogP contribution in [0, 0.1) is 11.8 Å². The molecule has 18 heavy (non-hydrogen) atoms. The zero-order valence-electron chi connectivity index (χ0n) is 11.9. The van der Waals surface area contributed by atoms with E-state index in [1.54, 1.807) is 0 Å². The standard InChI is InChI=1S/C14H26N2O2/c1-4-15-14(12-7-8-12,13(17)18-3)10-16(2)9-11-5-6-11/h11-12,15H,4-10H2,1-3H3. The van der Waals surface area contributed by atoms with Gasteiger partial charge in [-0.1, -0.05) is 6.92 Å². The quantitative estimate of drug-likeness (QED) is 0.662. The number of ether oxygens (including phenoxy) is 1. The third kappa shape index (κ3) is 3.04. The number of rotatable bonds is 8. The Morgan fingerprint density at radius 3 is 2.50 bits per heavy atom. The van der Waals surface area contributed by atoms with Crippen LogP contribution in [0.1, 0.15) is 32.6 Å². The molecule has 4 nitrogen and oxygen atoms in total. The summed E-state index contributed by atoms with van der Waals surface area (Å²) in [5.74, 6) is 1.22. The smallest absolute Gasteiger partial charge is 0.327 e. The molecule has 2 saturated carbocycles. The number of hydrogen-bond acceptors (Lipinski definition) is 4. The number of hydrogen-bond donors (Lipinski definition) is 1. The number of methoxy groups -OCH3 is 1. The van der Waals surface area contributed by atoms with Crippen molar-refractivity contribution in [1.82, 2.24) is 10.2 Å². The van der Waals surface area contributed by atoms with Crippen molar-refractivity contribution in [3.63, 3.8) is 0 Å². The molecular formula is C14H26N2O2. The highest BCUT2D eigenvalue weighted by atomic mass is 16.5. The molecule has 0 bridgehead atoms. The van der Waals surface area contributed by atoms with Crippen LogP contribution in [0.15, 0.2) is 0 Å². The van der Waals surface area contributed by atoms with Gasteiger partial charge in [-0.15, -0.1) is 0 Å². The number of likely N-dealkylation sites (N-methyl/N-ethyl adjacent to an activating group) is 2. The molecule has 2 fully saturated rings. The molecule has 0 aliphatic heterocycles. The maximum atomic E-state index is 12.2. The molecule has 2 rings (SSSR count). The van der Waals surface area contributed by atoms with Gasteiger partial charge in [-0.05, 0) is 51.1 Å². The maximum Gasteiger partial charge on any atom is 0.327 e. The summed E-state index contributed by atoms with van der Waals surface area (Å²) in [5, 5.41) is 3.42. The summed E-state index contributed by atoms with van der Waals surface area (Å²) < 4.78 is 5.06. The molecular weight excluding hydrogens is 228 g/mol. The average Bonchev–Trinajstić information content (AvgIpc) is 3.18. The van der Waals surface area contributed by atoms with Gasteiger partial charge in [0.2, 0.25) is 0 Å². The van der Waals surface area contributed by atoms with Crippen LogP contribution in [0.2, 0.25) is 0 Å². The lowest BCUT2D eigenvalue weighted by Crippen LogP contribution is -2.60. The van der Waals surface area contributed by atoms with Crippen LogP contribution in [0.25, 0.3) is 0 Å². The highest BCUT2D eigenvalue weighted by Gasteiger charge is 2.52. The highest BCUT2D eigenvalue weighted by Crippen LogP contribution is 2.41. The zero-order valence-corrected chi connectivity index (χ0v) is 11.9. The van der Waals surface area contributed by atoms with E-state index in [2.05, 4.69) is 24.2 Å². The molecule has 0 aromatic carbocycles. The Labute approximate surface area is 110 Å². The van der Waals surface area contributed by atoms with Crippen molar-refractivity contribution in [3.05, 3.63) is 0 Å². The summed E-state index contributed by atoms with van der Waals surface area (Å²) in [6.45, 7) is 4.75. The summed E-state index contributed by atoms with van der Waals surface area (Å²) in [7, 11) is 3.62. The van der Waals surface area contributed by atoms with Crippen LogP contribution < -0.4 is 5.32 Å². The fourth-order valence-electron chi connectivity index (χ4n) is 2.94. The second-order valence-corrected chi connectivity index (χ2v) is 5.91. The number of carbonyl (C=O) groups is 1. The Bertz CT molecular complexity index is 300. The lowest BCUT2D eigenvalue weighted by molar-refractivity contribution is -0.150. The monoisotopic (exact) mass is 254 g/mol. The fourth-order valence-corrected chi connectivity index (χ4v) is 2.94. The van der Waals surface area contributed by atoms with Crippen molar-refractivity contribution in [3.8, 4) is 0 Å². The SMILES string of the molecule is CCNC(CN(C)CC1CC1)(C(=O)OC)C1CC1. The summed E-state index contributed by atoms with van der Waals surface area (Å²) in [4.78, 5) is 14.5. The van der Waals surface area contributed by atoms with Gasteiger partial charge in [-0.2, -0.15) is 0 Å². The van der Waals surface area contributed by atoms with Crippen molar-refractivity contribution < 1.29 is 9.53 Å². The fraction of sp³-hybridized carbons (Fsp3) is 0.929. The van der Waals surface area contributed by atoms with Gasteiger partial charge in [0.15, 0.2) is 0 Å². The predicted molar refractivity (Wildman–Crippen MR) is 71.4 cm³/mol. The van der Waals surface area contributed by atoms with Crippen molar-refractivity contribution in [2.45, 2.75) is 38.1 Å². The van der Waals surface area contributed by atoms with Crippen molar-refractivity contribution in [2.24, 2.45) is 11.8 Å². The Morgan fingerprint density at radius 2 is 2.06 bits per heavy atom. The van der Waals surface area contributed by atoms with Gasteiger partial charge in [0.1, 0.15) is 5.54 Å². The van der Waals surface area contributed by atoms with Gasteiger partial charge in [0.05, 0.1) is 7.11 Å². The topological polar surface area (TPSA) is 41.6 Å². The van der Waals surface area contributed by atoms with Crippen molar-refractivity contribution in [2.75, 3.05) is 33.8 Å². The minimum atomic E-state index is -0.479. The largest absolute Gasteiger partial charge is 0.468 e. The van der Waals surface area contributed by atoms with E-state index >= 15 is 0 Å². The van der Waals surface area contributed by atoms with Crippen LogP contribution in [-0.4, -0.2) is 50.2 Å². The zero-order chi connectivity index (χ0) is 13.2. The van der Waals surface area contributed by atoms with Gasteiger partial charge >= 0.3 is 5.97 Å². The molecule has 4 heteroatoms. The second-order valence-electron chi connectivity index (χ2n) is 5.91. The van der Waals surface area contributed by atoms with Crippen LogP contribution in [0.4, 0.5) is 0 Å². The van der Waals surface area contributed by atoms with Gasteiger partial charge < -0.3 is 15.0 Å². The molecule has 2 aliphatic rings. The number of nitrogens with one attached hydrogen (secondary N) is 1. The molecule has 0 heterocycles. The van der Waals surface area contributed by atoms with Crippen LogP contribution in [0.5, 0.6) is 0 Å². The van der Waals surface area contributed by atoms with E-state index in [1.807, 2.05) is 0 Å². The summed E-state index contributed by atoms with van der Waals surface area (Å²) >= 11 is 0. The van der Waals surface area contributed by atoms with Gasteiger partial charge in [-0.3, -0.25) is 0 Å². The summed E-state index contributed by atoms with van der Waals surface area (Å²) in [6.07, 6.45) is 4.97. The van der Waals surface area contributed by atoms with E-state index in [0.29, 0.717) is 5.92 Å². The van der Waals surface area contributed by atoms with Gasteiger partial charge in [0, 0.05) is 13.1 Å². The lowest BCUT2D eigenvalue weighted by atomic mass is 9.92. The first kappa shape index (κ1) is 13.8. The minimum absolute atomic E-state index is 0.0884. The first-order valence-corrected chi connectivity index (χ1v) is 7.14. The molecule has 0 amide bonds. The highest BCUT2D eigenvalue weighted by molar-refractivity contribution is 5.82. The molecule has 0 aromatic rings. The Kier molecular flexibility index (Phi) is 4.28. The van der Waals surface area contributed by atoms with E-state index < -0.39 is 5.54 Å². The third-order valence-electron chi connectivity index (χ3n) is 4.10. The van der Waals surface area contributed by atoms with E-state index in [0.717, 1.165) is 38.4 Å². The number of carbonyl (C=O) groups excluding carboxylic acids is 1. The summed E-state index contributed by atoms with van der Waals surface area (Å²) in [5.41, 5.74) is -0.479. The molecule has 104 valence electrons. The maximum absolute atomic E-state index is 12.2. The Balaban J connectivity index is 2.03. The molecule has 1 N–H and O–H groups in total. The van der Waals surface area contributed by atoms with Crippen LogP contribution in [0.3, 0.4) is 0 Å². The Hall–Kier alpha value is -0.610. The molecule has 2 aliphatic carbocycles. The van der Waals surface area contributed by atoms with Crippen molar-refractivity contribution in [1.29, 1.82) is 0 Å². The molecule has 0 spiro atoms. The van der Waals surface area contributed by atoms with E-state index in [9.17, 15) is 4.79 Å². The normalized spacial score (nSPS) is 22.9. The first-order valence-electron chi connectivity index (χ1n) is 7.14. The third-order valence-corrected chi connectivity index (χ3v) is 4.10. The van der Waals surface area contributed by atoms with E-state index in [-0.39, 0.29) is 5.97 Å². The molecule has 1 unspecified atom stereocenters. The van der Waals surface area contributed by atoms with Crippen molar-refractivity contribution >= 4 is 5.97 Å². The lowest BCUT2D eigenvalue weighted by Gasteiger charge is -2.35. The average molecular weight is 254 g/mol. The number of nitrogens with zero attached hydrogens (tertiary/aromatic N) is 1. The predicted octanol–water partition coefficient (Wildman–Crippen LogP) is 1.26. The van der Waals surface area contributed by atoms with Gasteiger partial charge in [0.25, 0.3) is 0 Å². The minimum Gasteiger partial charge on any atom is -0.468 e. The van der Waals surface area contributed by atoms with Crippen LogP contribution in [-0.2, 0) is 9.53 Å². The molecule has 0 aromatic heterocycles. The first-order chi connectivity index (χ1) is 8.62. The Morgan fingerprint density at radius 1 is 1.39 bits per heavy atom. The van der Waals surface area contributed by atoms with E-state index in [4.69, 9.17) is 4.74 Å². The second kappa shape index (κ2) is 5.57.